The van der Waals surface area contributed by atoms with Crippen LogP contribution in [0.4, 0.5) is 0 Å². The van der Waals surface area contributed by atoms with Crippen LogP contribution in [-0.2, 0) is 15.3 Å². The lowest BCUT2D eigenvalue weighted by Crippen LogP contribution is -2.48. The van der Waals surface area contributed by atoms with Gasteiger partial charge in [0.05, 0.1) is 12.7 Å². The Morgan fingerprint density at radius 3 is 2.29 bits per heavy atom. The molecular formula is C14H19ClO2. The Hall–Kier alpha value is -0.570. The zero-order chi connectivity index (χ0) is 12.7. The molecule has 0 saturated carbocycles. The Balaban J connectivity index is 2.24. The van der Waals surface area contributed by atoms with Crippen LogP contribution >= 0.6 is 11.6 Å². The topological polar surface area (TPSA) is 18.5 Å². The monoisotopic (exact) mass is 254 g/mol. The molecule has 0 spiro atoms. The van der Waals surface area contributed by atoms with E-state index >= 15 is 0 Å². The van der Waals surface area contributed by atoms with E-state index in [9.17, 15) is 0 Å². The summed E-state index contributed by atoms with van der Waals surface area (Å²) in [4.78, 5) is 0. The number of benzene rings is 1. The number of halogens is 1. The van der Waals surface area contributed by atoms with Gasteiger partial charge in [-0.25, -0.2) is 0 Å². The fraction of sp³-hybridized carbons (Fsp3) is 0.571. The highest BCUT2D eigenvalue weighted by Crippen LogP contribution is 2.40. The zero-order valence-electron chi connectivity index (χ0n) is 10.8. The normalized spacial score (nSPS) is 32.4. The standard InChI is InChI=1S/C14H19ClO2/c1-10-13(2,3)9-16-14(4,17-10)11-5-7-12(15)8-6-11/h5-8,10H,9H2,1-4H3/t10-,14+/m0/s1. The molecule has 2 atom stereocenters. The van der Waals surface area contributed by atoms with Gasteiger partial charge in [0.25, 0.3) is 0 Å². The van der Waals surface area contributed by atoms with Crippen LogP contribution in [0.2, 0.25) is 5.02 Å². The first kappa shape index (κ1) is 12.9. The summed E-state index contributed by atoms with van der Waals surface area (Å²) in [5.74, 6) is -0.667. The first-order valence-electron chi connectivity index (χ1n) is 5.91. The van der Waals surface area contributed by atoms with Gasteiger partial charge in [0.15, 0.2) is 5.79 Å². The van der Waals surface area contributed by atoms with Crippen molar-refractivity contribution in [3.8, 4) is 0 Å². The van der Waals surface area contributed by atoms with E-state index in [0.717, 1.165) is 10.6 Å². The fourth-order valence-corrected chi connectivity index (χ4v) is 2.00. The van der Waals surface area contributed by atoms with Crippen LogP contribution in [-0.4, -0.2) is 12.7 Å². The predicted octanol–water partition coefficient (Wildman–Crippen LogP) is 3.97. The van der Waals surface area contributed by atoms with Gasteiger partial charge in [-0.15, -0.1) is 0 Å². The van der Waals surface area contributed by atoms with Gasteiger partial charge in [-0.1, -0.05) is 37.6 Å². The first-order valence-corrected chi connectivity index (χ1v) is 6.29. The maximum absolute atomic E-state index is 6.05. The third-order valence-electron chi connectivity index (χ3n) is 3.59. The van der Waals surface area contributed by atoms with Crippen LogP contribution in [0.25, 0.3) is 0 Å². The van der Waals surface area contributed by atoms with Crippen LogP contribution in [0.15, 0.2) is 24.3 Å². The quantitative estimate of drug-likeness (QED) is 0.755. The Morgan fingerprint density at radius 2 is 1.76 bits per heavy atom. The highest BCUT2D eigenvalue weighted by molar-refractivity contribution is 6.30. The minimum absolute atomic E-state index is 0.0476. The van der Waals surface area contributed by atoms with E-state index < -0.39 is 5.79 Å². The second-order valence-electron chi connectivity index (χ2n) is 5.49. The van der Waals surface area contributed by atoms with Crippen molar-refractivity contribution in [2.24, 2.45) is 5.41 Å². The molecule has 1 aromatic rings. The molecule has 1 aliphatic rings. The van der Waals surface area contributed by atoms with Crippen molar-refractivity contribution in [1.29, 1.82) is 0 Å². The molecule has 1 saturated heterocycles. The average Bonchev–Trinajstić information content (AvgIpc) is 2.26. The first-order chi connectivity index (χ1) is 7.83. The van der Waals surface area contributed by atoms with Gasteiger partial charge in [-0.05, 0) is 26.0 Å². The lowest BCUT2D eigenvalue weighted by atomic mass is 9.86. The van der Waals surface area contributed by atoms with Crippen molar-refractivity contribution in [3.05, 3.63) is 34.9 Å². The molecule has 0 N–H and O–H groups in total. The van der Waals surface area contributed by atoms with Crippen molar-refractivity contribution >= 4 is 11.6 Å². The molecule has 1 heterocycles. The summed E-state index contributed by atoms with van der Waals surface area (Å²) in [6.07, 6.45) is 0.150. The van der Waals surface area contributed by atoms with Crippen molar-refractivity contribution in [3.63, 3.8) is 0 Å². The van der Waals surface area contributed by atoms with Gasteiger partial charge >= 0.3 is 0 Å². The third kappa shape index (κ3) is 2.49. The molecule has 0 bridgehead atoms. The smallest absolute Gasteiger partial charge is 0.192 e. The summed E-state index contributed by atoms with van der Waals surface area (Å²) in [6, 6.07) is 7.62. The van der Waals surface area contributed by atoms with E-state index in [0.29, 0.717) is 6.61 Å². The van der Waals surface area contributed by atoms with E-state index in [1.807, 2.05) is 31.2 Å². The van der Waals surface area contributed by atoms with Crippen molar-refractivity contribution in [2.75, 3.05) is 6.61 Å². The summed E-state index contributed by atoms with van der Waals surface area (Å²) >= 11 is 5.89. The highest BCUT2D eigenvalue weighted by atomic mass is 35.5. The van der Waals surface area contributed by atoms with Crippen molar-refractivity contribution in [1.82, 2.24) is 0 Å². The van der Waals surface area contributed by atoms with Crippen LogP contribution in [0, 0.1) is 5.41 Å². The van der Waals surface area contributed by atoms with Gasteiger partial charge < -0.3 is 9.47 Å². The number of rotatable bonds is 1. The summed E-state index contributed by atoms with van der Waals surface area (Å²) in [7, 11) is 0. The van der Waals surface area contributed by atoms with Crippen LogP contribution < -0.4 is 0 Å². The number of hydrogen-bond acceptors (Lipinski definition) is 2. The molecule has 0 aliphatic carbocycles. The SMILES string of the molecule is C[C@@H]1O[C@](C)(c2ccc(Cl)cc2)OCC1(C)C. The van der Waals surface area contributed by atoms with E-state index in [1.165, 1.54) is 0 Å². The summed E-state index contributed by atoms with van der Waals surface area (Å²) < 4.78 is 12.0. The van der Waals surface area contributed by atoms with Gasteiger partial charge in [0.1, 0.15) is 0 Å². The third-order valence-corrected chi connectivity index (χ3v) is 3.84. The average molecular weight is 255 g/mol. The Labute approximate surface area is 108 Å². The van der Waals surface area contributed by atoms with Crippen LogP contribution in [0.1, 0.15) is 33.3 Å². The van der Waals surface area contributed by atoms with E-state index in [2.05, 4.69) is 20.8 Å². The Bertz CT molecular complexity index is 399. The summed E-state index contributed by atoms with van der Waals surface area (Å²) in [6.45, 7) is 9.05. The largest absolute Gasteiger partial charge is 0.345 e. The molecule has 94 valence electrons. The molecule has 2 nitrogen and oxygen atoms in total. The summed E-state index contributed by atoms with van der Waals surface area (Å²) in [5, 5.41) is 0.724. The Kier molecular flexibility index (Phi) is 3.23. The van der Waals surface area contributed by atoms with E-state index in [-0.39, 0.29) is 11.5 Å². The molecule has 3 heteroatoms. The van der Waals surface area contributed by atoms with E-state index in [1.54, 1.807) is 0 Å². The lowest BCUT2D eigenvalue weighted by Gasteiger charge is -2.46. The second-order valence-corrected chi connectivity index (χ2v) is 5.93. The molecule has 0 amide bonds. The number of ether oxygens (including phenoxy) is 2. The molecule has 0 radical (unpaired) electrons. The molecule has 1 aromatic carbocycles. The van der Waals surface area contributed by atoms with Crippen LogP contribution in [0.3, 0.4) is 0 Å². The lowest BCUT2D eigenvalue weighted by molar-refractivity contribution is -0.325. The van der Waals surface area contributed by atoms with Crippen molar-refractivity contribution in [2.45, 2.75) is 39.6 Å². The minimum Gasteiger partial charge on any atom is -0.345 e. The molecule has 0 aromatic heterocycles. The number of hydrogen-bond donors (Lipinski definition) is 0. The summed E-state index contributed by atoms with van der Waals surface area (Å²) in [5.41, 5.74) is 1.05. The zero-order valence-corrected chi connectivity index (χ0v) is 11.5. The highest BCUT2D eigenvalue weighted by Gasteiger charge is 2.42. The second kappa shape index (κ2) is 4.27. The predicted molar refractivity (Wildman–Crippen MR) is 69.1 cm³/mol. The van der Waals surface area contributed by atoms with Gasteiger partial charge in [0, 0.05) is 16.0 Å². The van der Waals surface area contributed by atoms with Gasteiger partial charge in [0.2, 0.25) is 0 Å². The molecule has 0 unspecified atom stereocenters. The maximum Gasteiger partial charge on any atom is 0.192 e. The van der Waals surface area contributed by atoms with Crippen LogP contribution in [0.5, 0.6) is 0 Å². The Morgan fingerprint density at radius 1 is 1.18 bits per heavy atom. The maximum atomic E-state index is 6.05. The fourth-order valence-electron chi connectivity index (χ4n) is 1.88. The molecule has 2 rings (SSSR count). The minimum atomic E-state index is -0.667. The van der Waals surface area contributed by atoms with Gasteiger partial charge in [-0.2, -0.15) is 0 Å². The van der Waals surface area contributed by atoms with Crippen molar-refractivity contribution < 1.29 is 9.47 Å². The molecule has 17 heavy (non-hydrogen) atoms. The molecular weight excluding hydrogens is 236 g/mol. The molecule has 1 aliphatic heterocycles. The van der Waals surface area contributed by atoms with Gasteiger partial charge in [-0.3, -0.25) is 0 Å². The van der Waals surface area contributed by atoms with E-state index in [4.69, 9.17) is 21.1 Å². The molecule has 1 fully saturated rings.